The lowest BCUT2D eigenvalue weighted by atomic mass is 10.1. The van der Waals surface area contributed by atoms with Gasteiger partial charge >= 0.3 is 0 Å². The lowest BCUT2D eigenvalue weighted by Crippen LogP contribution is -2.19. The van der Waals surface area contributed by atoms with Gasteiger partial charge in [-0.25, -0.2) is 12.8 Å². The number of para-hydroxylation sites is 2. The summed E-state index contributed by atoms with van der Waals surface area (Å²) in [6.45, 7) is 0. The van der Waals surface area contributed by atoms with Crippen molar-refractivity contribution in [3.63, 3.8) is 0 Å². The molecule has 0 aliphatic rings. The fraction of sp³-hybridized carbons (Fsp3) is 0. The van der Waals surface area contributed by atoms with Gasteiger partial charge in [-0.2, -0.15) is 0 Å². The van der Waals surface area contributed by atoms with Crippen molar-refractivity contribution in [2.45, 2.75) is 4.90 Å². The number of sulfonamides is 1. The normalized spacial score (nSPS) is 11.0. The smallest absolute Gasteiger partial charge is 0.261 e. The molecule has 0 aliphatic carbocycles. The molecule has 0 atom stereocenters. The minimum Gasteiger partial charge on any atom is -0.319 e. The van der Waals surface area contributed by atoms with Crippen LogP contribution in [0.5, 0.6) is 0 Å². The second-order valence-corrected chi connectivity index (χ2v) is 7.66. The molecule has 0 bridgehead atoms. The summed E-state index contributed by atoms with van der Waals surface area (Å²) >= 11 is 5.78. The summed E-state index contributed by atoms with van der Waals surface area (Å²) in [7, 11) is -3.93. The van der Waals surface area contributed by atoms with Crippen LogP contribution >= 0.6 is 11.6 Å². The molecule has 1 amide bonds. The second-order valence-electron chi connectivity index (χ2n) is 5.54. The molecule has 8 heteroatoms. The number of anilines is 2. The number of benzene rings is 3. The third-order valence-corrected chi connectivity index (χ3v) is 5.30. The third kappa shape index (κ3) is 4.45. The van der Waals surface area contributed by atoms with Crippen LogP contribution in [-0.2, 0) is 10.0 Å². The Bertz CT molecular complexity index is 1090. The lowest BCUT2D eigenvalue weighted by Gasteiger charge is -2.13. The molecule has 3 aromatic carbocycles. The molecule has 0 radical (unpaired) electrons. The Kier molecular flexibility index (Phi) is 5.43. The second kappa shape index (κ2) is 7.77. The lowest BCUT2D eigenvalue weighted by molar-refractivity contribution is 0.102. The van der Waals surface area contributed by atoms with Crippen molar-refractivity contribution in [3.05, 3.63) is 89.2 Å². The van der Waals surface area contributed by atoms with E-state index in [2.05, 4.69) is 10.0 Å². The van der Waals surface area contributed by atoms with Crippen molar-refractivity contribution < 1.29 is 17.6 Å². The van der Waals surface area contributed by atoms with E-state index in [-0.39, 0.29) is 21.8 Å². The number of rotatable bonds is 5. The first-order valence-corrected chi connectivity index (χ1v) is 9.66. The summed E-state index contributed by atoms with van der Waals surface area (Å²) in [5.74, 6) is -1.24. The van der Waals surface area contributed by atoms with Crippen LogP contribution in [0.25, 0.3) is 0 Å². The number of hydrogen-bond acceptors (Lipinski definition) is 3. The Morgan fingerprint density at radius 1 is 0.852 bits per heavy atom. The van der Waals surface area contributed by atoms with E-state index in [1.54, 1.807) is 18.2 Å². The molecule has 138 valence electrons. The van der Waals surface area contributed by atoms with E-state index in [9.17, 15) is 17.6 Å². The van der Waals surface area contributed by atoms with Gasteiger partial charge in [-0.1, -0.05) is 35.9 Å². The molecule has 0 aromatic heterocycles. The van der Waals surface area contributed by atoms with Gasteiger partial charge in [0.1, 0.15) is 5.82 Å². The molecule has 27 heavy (non-hydrogen) atoms. The van der Waals surface area contributed by atoms with Crippen LogP contribution in [0.1, 0.15) is 10.4 Å². The summed E-state index contributed by atoms with van der Waals surface area (Å²) in [6.07, 6.45) is 0. The first-order chi connectivity index (χ1) is 12.9. The molecule has 5 nitrogen and oxygen atoms in total. The maximum absolute atomic E-state index is 13.8. The highest BCUT2D eigenvalue weighted by molar-refractivity contribution is 7.92. The van der Waals surface area contributed by atoms with E-state index in [4.69, 9.17) is 11.6 Å². The van der Waals surface area contributed by atoms with Crippen molar-refractivity contribution in [2.75, 3.05) is 10.0 Å². The fourth-order valence-corrected chi connectivity index (χ4v) is 3.55. The van der Waals surface area contributed by atoms with Crippen molar-refractivity contribution in [1.82, 2.24) is 0 Å². The molecule has 0 aliphatic heterocycles. The highest BCUT2D eigenvalue weighted by atomic mass is 35.5. The van der Waals surface area contributed by atoms with Gasteiger partial charge in [0.25, 0.3) is 15.9 Å². The van der Waals surface area contributed by atoms with E-state index in [1.807, 2.05) is 0 Å². The molecule has 0 saturated carbocycles. The molecule has 2 N–H and O–H groups in total. The predicted molar refractivity (Wildman–Crippen MR) is 103 cm³/mol. The Balaban J connectivity index is 1.89. The zero-order valence-corrected chi connectivity index (χ0v) is 15.4. The van der Waals surface area contributed by atoms with Crippen molar-refractivity contribution in [1.29, 1.82) is 0 Å². The van der Waals surface area contributed by atoms with Crippen LogP contribution in [0.15, 0.2) is 77.7 Å². The zero-order chi connectivity index (χ0) is 19.4. The van der Waals surface area contributed by atoms with Crippen LogP contribution < -0.4 is 10.0 Å². The molecule has 0 fully saturated rings. The highest BCUT2D eigenvalue weighted by Crippen LogP contribution is 2.23. The minimum atomic E-state index is -3.93. The van der Waals surface area contributed by atoms with Gasteiger partial charge in [0, 0.05) is 5.02 Å². The molecule has 0 heterocycles. The van der Waals surface area contributed by atoms with Gasteiger partial charge in [-0.15, -0.1) is 0 Å². The van der Waals surface area contributed by atoms with Crippen molar-refractivity contribution in [2.24, 2.45) is 0 Å². The Hall–Kier alpha value is -2.90. The largest absolute Gasteiger partial charge is 0.319 e. The van der Waals surface area contributed by atoms with Crippen LogP contribution in [0.4, 0.5) is 15.8 Å². The maximum atomic E-state index is 13.8. The number of hydrogen-bond donors (Lipinski definition) is 2. The molecule has 0 saturated heterocycles. The van der Waals surface area contributed by atoms with Crippen molar-refractivity contribution >= 4 is 38.9 Å². The molecular formula is C19H14ClFN2O3S. The topological polar surface area (TPSA) is 75.3 Å². The molecule has 0 spiro atoms. The average Bonchev–Trinajstić information content (AvgIpc) is 2.64. The molecule has 3 aromatic rings. The van der Waals surface area contributed by atoms with E-state index >= 15 is 0 Å². The predicted octanol–water partition coefficient (Wildman–Crippen LogP) is 4.53. The molecule has 0 unspecified atom stereocenters. The summed E-state index contributed by atoms with van der Waals surface area (Å²) in [4.78, 5) is 12.5. The fourth-order valence-electron chi connectivity index (χ4n) is 2.34. The van der Waals surface area contributed by atoms with Crippen LogP contribution in [0.3, 0.4) is 0 Å². The quantitative estimate of drug-likeness (QED) is 0.655. The van der Waals surface area contributed by atoms with E-state index in [1.165, 1.54) is 54.6 Å². The van der Waals surface area contributed by atoms with Gasteiger partial charge < -0.3 is 5.32 Å². The van der Waals surface area contributed by atoms with Gasteiger partial charge in [0.2, 0.25) is 0 Å². The first kappa shape index (κ1) is 18.9. The zero-order valence-electron chi connectivity index (χ0n) is 13.8. The number of carbonyl (C=O) groups excluding carboxylic acids is 1. The minimum absolute atomic E-state index is 0.00198. The van der Waals surface area contributed by atoms with Gasteiger partial charge in [0.15, 0.2) is 0 Å². The Labute approximate surface area is 160 Å². The number of carbonyl (C=O) groups is 1. The third-order valence-electron chi connectivity index (χ3n) is 3.66. The Morgan fingerprint density at radius 3 is 2.11 bits per heavy atom. The SMILES string of the molecule is O=C(Nc1ccccc1F)c1ccccc1NS(=O)(=O)c1ccc(Cl)cc1. The van der Waals surface area contributed by atoms with Crippen LogP contribution in [-0.4, -0.2) is 14.3 Å². The average molecular weight is 405 g/mol. The molecular weight excluding hydrogens is 391 g/mol. The van der Waals surface area contributed by atoms with Crippen LogP contribution in [0.2, 0.25) is 5.02 Å². The summed E-state index contributed by atoms with van der Waals surface area (Å²) in [5.41, 5.74) is 0.123. The Morgan fingerprint density at radius 2 is 1.44 bits per heavy atom. The maximum Gasteiger partial charge on any atom is 0.261 e. The summed E-state index contributed by atoms with van der Waals surface area (Å²) < 4.78 is 41.2. The van der Waals surface area contributed by atoms with E-state index in [0.717, 1.165) is 0 Å². The van der Waals surface area contributed by atoms with Crippen LogP contribution in [0, 0.1) is 5.82 Å². The monoisotopic (exact) mass is 404 g/mol. The van der Waals surface area contributed by atoms with Crippen molar-refractivity contribution in [3.8, 4) is 0 Å². The van der Waals surface area contributed by atoms with Gasteiger partial charge in [-0.3, -0.25) is 9.52 Å². The standard InChI is InChI=1S/C19H14ClFN2O3S/c20-13-9-11-14(12-10-13)27(25,26)23-17-7-3-1-5-15(17)19(24)22-18-8-4-2-6-16(18)21/h1-12,23H,(H,22,24). The summed E-state index contributed by atoms with van der Waals surface area (Å²) in [5, 5.41) is 2.84. The molecule has 3 rings (SSSR count). The highest BCUT2D eigenvalue weighted by Gasteiger charge is 2.19. The summed E-state index contributed by atoms with van der Waals surface area (Å²) in [6, 6.07) is 17.4. The van der Waals surface area contributed by atoms with Gasteiger partial charge in [-0.05, 0) is 48.5 Å². The number of amides is 1. The number of halogens is 2. The number of nitrogens with one attached hydrogen (secondary N) is 2. The van der Waals surface area contributed by atoms with Gasteiger partial charge in [0.05, 0.1) is 21.8 Å². The van der Waals surface area contributed by atoms with E-state index < -0.39 is 21.7 Å². The first-order valence-electron chi connectivity index (χ1n) is 7.80. The van der Waals surface area contributed by atoms with E-state index in [0.29, 0.717) is 5.02 Å².